The fourth-order valence-electron chi connectivity index (χ4n) is 2.31. The second-order valence-electron chi connectivity index (χ2n) is 5.02. The Morgan fingerprint density at radius 1 is 1.35 bits per heavy atom. The van der Waals surface area contributed by atoms with E-state index in [0.717, 1.165) is 29.4 Å². The normalized spacial score (nSPS) is 18.4. The van der Waals surface area contributed by atoms with Gasteiger partial charge in [-0.05, 0) is 12.1 Å². The van der Waals surface area contributed by atoms with Crippen molar-refractivity contribution in [2.75, 3.05) is 26.5 Å². The number of amides is 1. The smallest absolute Gasteiger partial charge is 0.226 e. The van der Waals surface area contributed by atoms with Crippen molar-refractivity contribution in [3.8, 4) is 11.5 Å². The van der Waals surface area contributed by atoms with Crippen LogP contribution < -0.4 is 9.47 Å². The number of carbonyl (C=O) groups is 1. The molecular weight excluding hydrogens is 274 g/mol. The summed E-state index contributed by atoms with van der Waals surface area (Å²) < 4.78 is 10.7. The van der Waals surface area contributed by atoms with Crippen molar-refractivity contribution in [1.82, 2.24) is 4.90 Å². The third-order valence-electron chi connectivity index (χ3n) is 3.37. The number of nitrogens with zero attached hydrogens (tertiary/aromatic N) is 1. The second-order valence-corrected chi connectivity index (χ2v) is 6.21. The number of hydrogen-bond acceptors (Lipinski definition) is 4. The monoisotopic (exact) mass is 295 g/mol. The maximum atomic E-state index is 12.3. The van der Waals surface area contributed by atoms with E-state index in [1.165, 1.54) is 0 Å². The van der Waals surface area contributed by atoms with E-state index in [2.05, 4.69) is 0 Å². The van der Waals surface area contributed by atoms with E-state index in [9.17, 15) is 4.79 Å². The van der Waals surface area contributed by atoms with Crippen LogP contribution in [0, 0.1) is 5.92 Å². The van der Waals surface area contributed by atoms with Gasteiger partial charge in [-0.25, -0.2) is 0 Å². The molecule has 0 bridgehead atoms. The highest BCUT2D eigenvalue weighted by molar-refractivity contribution is 7.99. The topological polar surface area (TPSA) is 38.8 Å². The molecule has 0 spiro atoms. The summed E-state index contributed by atoms with van der Waals surface area (Å²) in [5.74, 6) is 2.69. The van der Waals surface area contributed by atoms with Crippen LogP contribution in [0.4, 0.5) is 0 Å². The van der Waals surface area contributed by atoms with E-state index in [1.54, 1.807) is 26.0 Å². The molecule has 1 aromatic carbocycles. The minimum absolute atomic E-state index is 0.0143. The van der Waals surface area contributed by atoms with Crippen LogP contribution >= 0.6 is 11.8 Å². The Labute approximate surface area is 124 Å². The number of rotatable bonds is 4. The lowest BCUT2D eigenvalue weighted by Crippen LogP contribution is -2.33. The molecule has 1 fully saturated rings. The zero-order chi connectivity index (χ0) is 14.7. The summed E-state index contributed by atoms with van der Waals surface area (Å²) in [6, 6.07) is 5.77. The first-order chi connectivity index (χ1) is 9.58. The van der Waals surface area contributed by atoms with Crippen molar-refractivity contribution in [3.63, 3.8) is 0 Å². The van der Waals surface area contributed by atoms with Gasteiger partial charge in [0.1, 0.15) is 16.9 Å². The molecule has 1 atom stereocenters. The molecule has 1 aliphatic rings. The molecule has 4 nitrogen and oxygen atoms in total. The first kappa shape index (κ1) is 15.0. The largest absolute Gasteiger partial charge is 0.497 e. The third-order valence-corrected chi connectivity index (χ3v) is 4.62. The maximum absolute atomic E-state index is 12.3. The van der Waals surface area contributed by atoms with Gasteiger partial charge in [0.15, 0.2) is 0 Å². The Kier molecular flexibility index (Phi) is 4.81. The highest BCUT2D eigenvalue weighted by Crippen LogP contribution is 2.43. The minimum atomic E-state index is 0.0143. The number of thioether (sulfide) groups is 1. The van der Waals surface area contributed by atoms with Gasteiger partial charge in [-0.2, -0.15) is 0 Å². The molecule has 1 aromatic rings. The second kappa shape index (κ2) is 6.39. The summed E-state index contributed by atoms with van der Waals surface area (Å²) >= 11 is 1.78. The van der Waals surface area contributed by atoms with Crippen LogP contribution in [0.15, 0.2) is 18.2 Å². The lowest BCUT2D eigenvalue weighted by atomic mass is 10.1. The van der Waals surface area contributed by atoms with Gasteiger partial charge in [0.2, 0.25) is 5.91 Å². The van der Waals surface area contributed by atoms with Crippen LogP contribution in [0.25, 0.3) is 0 Å². The molecule has 20 heavy (non-hydrogen) atoms. The third kappa shape index (κ3) is 2.87. The molecule has 1 amide bonds. The highest BCUT2D eigenvalue weighted by Gasteiger charge is 2.33. The predicted octanol–water partition coefficient (Wildman–Crippen LogP) is 2.93. The molecular formula is C15H21NO3S. The average Bonchev–Trinajstić information content (AvgIpc) is 2.94. The van der Waals surface area contributed by atoms with E-state index in [4.69, 9.17) is 9.47 Å². The first-order valence-electron chi connectivity index (χ1n) is 6.72. The zero-order valence-electron chi connectivity index (χ0n) is 12.4. The number of hydrogen-bond donors (Lipinski definition) is 0. The van der Waals surface area contributed by atoms with Gasteiger partial charge in [-0.1, -0.05) is 13.8 Å². The summed E-state index contributed by atoms with van der Waals surface area (Å²) in [6.45, 7) is 4.67. The summed E-state index contributed by atoms with van der Waals surface area (Å²) in [5, 5.41) is 0.0331. The molecule has 0 saturated carbocycles. The Morgan fingerprint density at radius 2 is 2.10 bits per heavy atom. The summed E-state index contributed by atoms with van der Waals surface area (Å²) in [6.07, 6.45) is 0. The molecule has 0 radical (unpaired) electrons. The van der Waals surface area contributed by atoms with Crippen molar-refractivity contribution in [3.05, 3.63) is 23.8 Å². The molecule has 1 heterocycles. The van der Waals surface area contributed by atoms with Gasteiger partial charge in [0, 0.05) is 29.8 Å². The van der Waals surface area contributed by atoms with Crippen LogP contribution in [0.2, 0.25) is 0 Å². The fraction of sp³-hybridized carbons (Fsp3) is 0.533. The van der Waals surface area contributed by atoms with E-state index in [-0.39, 0.29) is 17.2 Å². The quantitative estimate of drug-likeness (QED) is 0.856. The molecule has 2 rings (SSSR count). The van der Waals surface area contributed by atoms with Gasteiger partial charge in [0.25, 0.3) is 0 Å². The molecule has 1 aliphatic heterocycles. The van der Waals surface area contributed by atoms with Gasteiger partial charge < -0.3 is 14.4 Å². The Hall–Kier alpha value is -1.36. The van der Waals surface area contributed by atoms with Crippen LogP contribution in [-0.4, -0.2) is 37.3 Å². The summed E-state index contributed by atoms with van der Waals surface area (Å²) in [7, 11) is 3.28. The maximum Gasteiger partial charge on any atom is 0.226 e. The Morgan fingerprint density at radius 3 is 2.70 bits per heavy atom. The van der Waals surface area contributed by atoms with E-state index in [0.29, 0.717) is 0 Å². The lowest BCUT2D eigenvalue weighted by molar-refractivity contribution is -0.134. The SMILES string of the molecule is COc1ccc(C2SCCN2C(=O)C(C)C)c(OC)c1. The average molecular weight is 295 g/mol. The highest BCUT2D eigenvalue weighted by atomic mass is 32.2. The van der Waals surface area contributed by atoms with Gasteiger partial charge in [-0.3, -0.25) is 4.79 Å². The first-order valence-corrected chi connectivity index (χ1v) is 7.77. The zero-order valence-corrected chi connectivity index (χ0v) is 13.2. The predicted molar refractivity (Wildman–Crippen MR) is 81.3 cm³/mol. The lowest BCUT2D eigenvalue weighted by Gasteiger charge is -2.27. The van der Waals surface area contributed by atoms with Crippen LogP contribution in [0.5, 0.6) is 11.5 Å². The minimum Gasteiger partial charge on any atom is -0.497 e. The fourth-order valence-corrected chi connectivity index (χ4v) is 3.60. The van der Waals surface area contributed by atoms with Crippen molar-refractivity contribution >= 4 is 17.7 Å². The molecule has 0 aliphatic carbocycles. The number of carbonyl (C=O) groups excluding carboxylic acids is 1. The van der Waals surface area contributed by atoms with Crippen LogP contribution in [0.3, 0.4) is 0 Å². The van der Waals surface area contributed by atoms with Crippen LogP contribution in [0.1, 0.15) is 24.8 Å². The number of methoxy groups -OCH3 is 2. The number of ether oxygens (including phenoxy) is 2. The Bertz CT molecular complexity index is 490. The number of benzene rings is 1. The molecule has 5 heteroatoms. The van der Waals surface area contributed by atoms with Gasteiger partial charge in [-0.15, -0.1) is 11.8 Å². The summed E-state index contributed by atoms with van der Waals surface area (Å²) in [4.78, 5) is 14.2. The van der Waals surface area contributed by atoms with Crippen molar-refractivity contribution < 1.29 is 14.3 Å². The van der Waals surface area contributed by atoms with E-state index in [1.807, 2.05) is 36.9 Å². The molecule has 0 N–H and O–H groups in total. The molecule has 0 aromatic heterocycles. The van der Waals surface area contributed by atoms with Gasteiger partial charge in [0.05, 0.1) is 14.2 Å². The van der Waals surface area contributed by atoms with Crippen molar-refractivity contribution in [1.29, 1.82) is 0 Å². The van der Waals surface area contributed by atoms with Crippen LogP contribution in [-0.2, 0) is 4.79 Å². The standard InChI is InChI=1S/C15H21NO3S/c1-10(2)14(17)16-7-8-20-15(16)12-6-5-11(18-3)9-13(12)19-4/h5-6,9-10,15H,7-8H2,1-4H3. The summed E-state index contributed by atoms with van der Waals surface area (Å²) in [5.41, 5.74) is 1.03. The molecule has 1 saturated heterocycles. The Balaban J connectivity index is 2.32. The van der Waals surface area contributed by atoms with Crippen molar-refractivity contribution in [2.45, 2.75) is 19.2 Å². The van der Waals surface area contributed by atoms with Gasteiger partial charge >= 0.3 is 0 Å². The molecule has 110 valence electrons. The molecule has 1 unspecified atom stereocenters. The van der Waals surface area contributed by atoms with E-state index < -0.39 is 0 Å². The van der Waals surface area contributed by atoms with Crippen molar-refractivity contribution in [2.24, 2.45) is 5.92 Å². The van der Waals surface area contributed by atoms with E-state index >= 15 is 0 Å².